The Bertz CT molecular complexity index is 333. The summed E-state index contributed by atoms with van der Waals surface area (Å²) in [5, 5.41) is 9.03. The molecule has 1 aliphatic heterocycles. The molecule has 9 nitrogen and oxygen atoms in total. The number of phosphoric ester groups is 1. The number of hydrogen-bond donors (Lipinski definition) is 3. The zero-order chi connectivity index (χ0) is 15.3. The van der Waals surface area contributed by atoms with Crippen LogP contribution in [0.25, 0.3) is 0 Å². The highest BCUT2D eigenvalue weighted by atomic mass is 31.2. The average Bonchev–Trinajstić information content (AvgIpc) is 2.36. The van der Waals surface area contributed by atoms with Crippen molar-refractivity contribution in [3.63, 3.8) is 0 Å². The van der Waals surface area contributed by atoms with Gasteiger partial charge in [0.1, 0.15) is 18.3 Å². The largest absolute Gasteiger partial charge is 0.472 e. The third-order valence-electron chi connectivity index (χ3n) is 3.06. The second kappa shape index (κ2) is 7.79. The SMILES string of the molecule is CO[C@H]1[C@H](OC)[C@@H](CCO)OC(OP(=O)(O)O)[C@H]1OC. The van der Waals surface area contributed by atoms with E-state index in [0.717, 1.165) is 0 Å². The Morgan fingerprint density at radius 3 is 2.00 bits per heavy atom. The van der Waals surface area contributed by atoms with Crippen LogP contribution in [-0.4, -0.2) is 73.5 Å². The molecule has 0 aromatic carbocycles. The predicted molar refractivity (Wildman–Crippen MR) is 65.9 cm³/mol. The van der Waals surface area contributed by atoms with Crippen LogP contribution in [0.3, 0.4) is 0 Å². The summed E-state index contributed by atoms with van der Waals surface area (Å²) in [4.78, 5) is 17.8. The zero-order valence-corrected chi connectivity index (χ0v) is 12.4. The summed E-state index contributed by atoms with van der Waals surface area (Å²) in [5.74, 6) is 0. The normalized spacial score (nSPS) is 35.2. The number of aliphatic hydroxyl groups is 1. The summed E-state index contributed by atoms with van der Waals surface area (Å²) in [6, 6.07) is 0. The van der Waals surface area contributed by atoms with Crippen molar-refractivity contribution in [2.45, 2.75) is 37.1 Å². The molecule has 1 rings (SSSR count). The molecule has 5 atom stereocenters. The van der Waals surface area contributed by atoms with Gasteiger partial charge in [-0.3, -0.25) is 4.52 Å². The van der Waals surface area contributed by atoms with Crippen molar-refractivity contribution in [2.75, 3.05) is 27.9 Å². The Kier molecular flexibility index (Phi) is 6.99. The van der Waals surface area contributed by atoms with Gasteiger partial charge in [-0.1, -0.05) is 0 Å². The van der Waals surface area contributed by atoms with E-state index < -0.39 is 38.5 Å². The molecule has 1 saturated heterocycles. The summed E-state index contributed by atoms with van der Waals surface area (Å²) in [5.41, 5.74) is 0. The van der Waals surface area contributed by atoms with E-state index >= 15 is 0 Å². The number of methoxy groups -OCH3 is 3. The lowest BCUT2D eigenvalue weighted by Crippen LogP contribution is -2.60. The highest BCUT2D eigenvalue weighted by molar-refractivity contribution is 7.46. The first-order valence-electron chi connectivity index (χ1n) is 5.96. The van der Waals surface area contributed by atoms with Crippen molar-refractivity contribution < 1.29 is 42.9 Å². The Morgan fingerprint density at radius 1 is 1.05 bits per heavy atom. The van der Waals surface area contributed by atoms with Gasteiger partial charge in [-0.2, -0.15) is 0 Å². The van der Waals surface area contributed by atoms with Crippen LogP contribution in [-0.2, 0) is 28.0 Å². The van der Waals surface area contributed by atoms with Gasteiger partial charge in [0.25, 0.3) is 0 Å². The van der Waals surface area contributed by atoms with Crippen molar-refractivity contribution in [1.82, 2.24) is 0 Å². The van der Waals surface area contributed by atoms with E-state index in [2.05, 4.69) is 4.52 Å². The fourth-order valence-electron chi connectivity index (χ4n) is 2.26. The molecule has 1 unspecified atom stereocenters. The zero-order valence-electron chi connectivity index (χ0n) is 11.5. The van der Waals surface area contributed by atoms with Crippen LogP contribution in [0.5, 0.6) is 0 Å². The fraction of sp³-hybridized carbons (Fsp3) is 1.00. The number of phosphoric acid groups is 1. The third-order valence-corrected chi connectivity index (χ3v) is 3.54. The van der Waals surface area contributed by atoms with E-state index in [1.54, 1.807) is 0 Å². The Labute approximate surface area is 117 Å². The minimum atomic E-state index is -4.76. The number of ether oxygens (including phenoxy) is 4. The molecule has 0 aromatic rings. The van der Waals surface area contributed by atoms with Gasteiger partial charge in [0.2, 0.25) is 0 Å². The van der Waals surface area contributed by atoms with Crippen LogP contribution in [0.4, 0.5) is 0 Å². The van der Waals surface area contributed by atoms with Gasteiger partial charge in [-0.25, -0.2) is 4.57 Å². The Hall–Kier alpha value is -0.0900. The van der Waals surface area contributed by atoms with E-state index in [4.69, 9.17) is 33.8 Å². The molecular weight excluding hydrogens is 295 g/mol. The van der Waals surface area contributed by atoms with Crippen molar-refractivity contribution in [2.24, 2.45) is 0 Å². The van der Waals surface area contributed by atoms with Crippen LogP contribution in [0.15, 0.2) is 0 Å². The van der Waals surface area contributed by atoms with Gasteiger partial charge in [0, 0.05) is 27.9 Å². The first kappa shape index (κ1) is 18.0. The minimum absolute atomic E-state index is 0.179. The van der Waals surface area contributed by atoms with Crippen molar-refractivity contribution in [3.05, 3.63) is 0 Å². The molecule has 1 heterocycles. The molecular formula is C10H21O9P. The lowest BCUT2D eigenvalue weighted by atomic mass is 9.96. The van der Waals surface area contributed by atoms with Gasteiger partial charge < -0.3 is 33.8 Å². The smallest absolute Gasteiger partial charge is 0.396 e. The lowest BCUT2D eigenvalue weighted by Gasteiger charge is -2.44. The molecule has 3 N–H and O–H groups in total. The summed E-state index contributed by atoms with van der Waals surface area (Å²) in [7, 11) is -0.556. The van der Waals surface area contributed by atoms with Crippen molar-refractivity contribution in [3.8, 4) is 0 Å². The van der Waals surface area contributed by atoms with Crippen LogP contribution >= 0.6 is 7.82 Å². The summed E-state index contributed by atoms with van der Waals surface area (Å²) < 4.78 is 36.7. The second-order valence-corrected chi connectivity index (χ2v) is 5.44. The quantitative estimate of drug-likeness (QED) is 0.520. The molecule has 0 amide bonds. The molecule has 0 aromatic heterocycles. The molecule has 0 bridgehead atoms. The molecule has 120 valence electrons. The monoisotopic (exact) mass is 316 g/mol. The van der Waals surface area contributed by atoms with E-state index in [0.29, 0.717) is 0 Å². The summed E-state index contributed by atoms with van der Waals surface area (Å²) in [6.07, 6.45) is -3.87. The molecule has 10 heteroatoms. The third kappa shape index (κ3) is 4.45. The van der Waals surface area contributed by atoms with Crippen molar-refractivity contribution in [1.29, 1.82) is 0 Å². The maximum Gasteiger partial charge on any atom is 0.472 e. The van der Waals surface area contributed by atoms with Gasteiger partial charge in [-0.05, 0) is 6.42 Å². The maximum atomic E-state index is 11.0. The topological polar surface area (TPSA) is 124 Å². The van der Waals surface area contributed by atoms with Gasteiger partial charge in [0.05, 0.1) is 6.10 Å². The minimum Gasteiger partial charge on any atom is -0.396 e. The summed E-state index contributed by atoms with van der Waals surface area (Å²) >= 11 is 0. The predicted octanol–water partition coefficient (Wildman–Crippen LogP) is -0.752. The highest BCUT2D eigenvalue weighted by Crippen LogP contribution is 2.42. The molecule has 0 aliphatic carbocycles. The first-order chi connectivity index (χ1) is 9.37. The van der Waals surface area contributed by atoms with E-state index in [1.807, 2.05) is 0 Å². The molecule has 0 spiro atoms. The van der Waals surface area contributed by atoms with E-state index in [-0.39, 0.29) is 13.0 Å². The van der Waals surface area contributed by atoms with Crippen LogP contribution in [0.2, 0.25) is 0 Å². The molecule has 1 fully saturated rings. The van der Waals surface area contributed by atoms with Crippen molar-refractivity contribution >= 4 is 7.82 Å². The standard InChI is InChI=1S/C10H21O9P/c1-15-7-6(4-5-11)18-10(19-20(12,13)14)9(17-3)8(7)16-2/h6-11H,4-5H2,1-3H3,(H2,12,13,14)/t6-,7-,8+,9+,10?/m1/s1. The summed E-state index contributed by atoms with van der Waals surface area (Å²) in [6.45, 7) is -0.179. The molecule has 20 heavy (non-hydrogen) atoms. The highest BCUT2D eigenvalue weighted by Gasteiger charge is 2.49. The number of hydrogen-bond acceptors (Lipinski definition) is 7. The molecule has 0 radical (unpaired) electrons. The average molecular weight is 316 g/mol. The second-order valence-electron chi connectivity index (χ2n) is 4.25. The number of rotatable bonds is 7. The van der Waals surface area contributed by atoms with Gasteiger partial charge in [-0.15, -0.1) is 0 Å². The molecule has 1 aliphatic rings. The Morgan fingerprint density at radius 2 is 1.60 bits per heavy atom. The molecule has 0 saturated carbocycles. The van der Waals surface area contributed by atoms with Crippen LogP contribution in [0, 0.1) is 0 Å². The fourth-order valence-corrected chi connectivity index (χ4v) is 2.70. The van der Waals surface area contributed by atoms with E-state index in [1.165, 1.54) is 21.3 Å². The first-order valence-corrected chi connectivity index (χ1v) is 7.49. The number of aliphatic hydroxyl groups excluding tert-OH is 1. The van der Waals surface area contributed by atoms with Gasteiger partial charge >= 0.3 is 7.82 Å². The van der Waals surface area contributed by atoms with Crippen LogP contribution < -0.4 is 0 Å². The lowest BCUT2D eigenvalue weighted by molar-refractivity contribution is -0.291. The van der Waals surface area contributed by atoms with Gasteiger partial charge in [0.15, 0.2) is 6.29 Å². The van der Waals surface area contributed by atoms with Crippen LogP contribution in [0.1, 0.15) is 6.42 Å². The maximum absolute atomic E-state index is 11.0. The Balaban J connectivity index is 2.96. The van der Waals surface area contributed by atoms with E-state index in [9.17, 15) is 4.57 Å².